The molecule has 2 heterocycles. The third-order valence-electron chi connectivity index (χ3n) is 7.05. The molecular formula is C27H27ClFN3O5S. The lowest BCUT2D eigenvalue weighted by Crippen LogP contribution is -2.53. The Morgan fingerprint density at radius 3 is 2.39 bits per heavy atom. The van der Waals surface area contributed by atoms with Crippen LogP contribution in [0.1, 0.15) is 13.3 Å². The van der Waals surface area contributed by atoms with Gasteiger partial charge in [-0.3, -0.25) is 13.9 Å². The third-order valence-corrected chi connectivity index (χ3v) is 9.12. The molecule has 1 unspecified atom stereocenters. The number of halogens is 2. The monoisotopic (exact) mass is 559 g/mol. The fraction of sp³-hybridized carbons (Fsp3) is 0.333. The van der Waals surface area contributed by atoms with E-state index in [1.807, 2.05) is 0 Å². The molecule has 38 heavy (non-hydrogen) atoms. The van der Waals surface area contributed by atoms with Crippen molar-refractivity contribution in [2.75, 3.05) is 37.2 Å². The van der Waals surface area contributed by atoms with Crippen molar-refractivity contribution in [3.05, 3.63) is 71.5 Å². The first kappa shape index (κ1) is 26.4. The standard InChI is InChI=1S/C27H27ClFN3O5S/c1-18(26(33)30-12-14-37-15-13-30)31-11-10-25(27(31)34)32(23-7-5-22(29)6-8-23)38(35,36)24-9-3-19-16-21(28)4-2-20(19)17-24/h2-9,16-18,25H,10-15H2,1H3/t18-,25?/m0/s1. The molecule has 2 aliphatic rings. The van der Waals surface area contributed by atoms with Crippen molar-refractivity contribution in [2.45, 2.75) is 30.3 Å². The number of morpholine rings is 1. The van der Waals surface area contributed by atoms with E-state index in [4.69, 9.17) is 16.3 Å². The van der Waals surface area contributed by atoms with Crippen molar-refractivity contribution in [2.24, 2.45) is 0 Å². The van der Waals surface area contributed by atoms with Gasteiger partial charge >= 0.3 is 0 Å². The van der Waals surface area contributed by atoms with Crippen LogP contribution in [0.2, 0.25) is 5.02 Å². The predicted molar refractivity (Wildman–Crippen MR) is 142 cm³/mol. The minimum absolute atomic E-state index is 0.0136. The number of hydrogen-bond donors (Lipinski definition) is 0. The fourth-order valence-electron chi connectivity index (χ4n) is 5.01. The Balaban J connectivity index is 1.50. The summed E-state index contributed by atoms with van der Waals surface area (Å²) in [4.78, 5) is 29.8. The molecule has 0 aromatic heterocycles. The van der Waals surface area contributed by atoms with Crippen molar-refractivity contribution >= 4 is 49.9 Å². The number of anilines is 1. The quantitative estimate of drug-likeness (QED) is 0.460. The summed E-state index contributed by atoms with van der Waals surface area (Å²) in [7, 11) is -4.26. The molecule has 0 saturated carbocycles. The summed E-state index contributed by atoms with van der Waals surface area (Å²) < 4.78 is 48.3. The minimum Gasteiger partial charge on any atom is -0.378 e. The number of amides is 2. The highest BCUT2D eigenvalue weighted by Crippen LogP contribution is 2.33. The highest BCUT2D eigenvalue weighted by atomic mass is 35.5. The maximum absolute atomic E-state index is 14.1. The Hall–Kier alpha value is -3.21. The minimum atomic E-state index is -4.26. The van der Waals surface area contributed by atoms with E-state index in [1.54, 1.807) is 36.1 Å². The van der Waals surface area contributed by atoms with Gasteiger partial charge in [-0.2, -0.15) is 0 Å². The van der Waals surface area contributed by atoms with Crippen LogP contribution in [0.3, 0.4) is 0 Å². The zero-order valence-corrected chi connectivity index (χ0v) is 22.3. The lowest BCUT2D eigenvalue weighted by molar-refractivity contribution is -0.145. The molecule has 3 aromatic rings. The average Bonchev–Trinajstić information content (AvgIpc) is 3.29. The summed E-state index contributed by atoms with van der Waals surface area (Å²) >= 11 is 6.07. The van der Waals surface area contributed by atoms with Crippen molar-refractivity contribution in [3.63, 3.8) is 0 Å². The number of benzene rings is 3. The third kappa shape index (κ3) is 4.95. The molecule has 5 rings (SSSR count). The van der Waals surface area contributed by atoms with Gasteiger partial charge in [0.05, 0.1) is 23.8 Å². The fourth-order valence-corrected chi connectivity index (χ4v) is 6.87. The van der Waals surface area contributed by atoms with Crippen LogP contribution in [0.5, 0.6) is 0 Å². The number of ether oxygens (including phenoxy) is 1. The Morgan fingerprint density at radius 2 is 1.68 bits per heavy atom. The topological polar surface area (TPSA) is 87.2 Å². The zero-order chi connectivity index (χ0) is 27.0. The van der Waals surface area contributed by atoms with E-state index in [1.165, 1.54) is 29.2 Å². The normalized spacial score (nSPS) is 19.1. The number of likely N-dealkylation sites (tertiary alicyclic amines) is 1. The van der Waals surface area contributed by atoms with E-state index in [2.05, 4.69) is 0 Å². The lowest BCUT2D eigenvalue weighted by atomic mass is 10.1. The molecule has 2 atom stereocenters. The van der Waals surface area contributed by atoms with Crippen LogP contribution >= 0.6 is 11.6 Å². The summed E-state index contributed by atoms with van der Waals surface area (Å²) in [5.41, 5.74) is 0.162. The number of carbonyl (C=O) groups excluding carboxylic acids is 2. The van der Waals surface area contributed by atoms with E-state index in [0.29, 0.717) is 36.7 Å². The van der Waals surface area contributed by atoms with Gasteiger partial charge in [-0.05, 0) is 72.6 Å². The Labute approximate surface area is 225 Å². The van der Waals surface area contributed by atoms with Crippen LogP contribution in [-0.2, 0) is 24.3 Å². The number of carbonyl (C=O) groups is 2. The number of nitrogens with zero attached hydrogens (tertiary/aromatic N) is 3. The predicted octanol–water partition coefficient (Wildman–Crippen LogP) is 3.68. The van der Waals surface area contributed by atoms with Gasteiger partial charge < -0.3 is 14.5 Å². The Kier molecular flexibility index (Phi) is 7.30. The van der Waals surface area contributed by atoms with Gasteiger partial charge in [-0.1, -0.05) is 23.7 Å². The van der Waals surface area contributed by atoms with Crippen LogP contribution in [-0.4, -0.2) is 75.0 Å². The summed E-state index contributed by atoms with van der Waals surface area (Å²) in [6, 6.07) is 12.9. The summed E-state index contributed by atoms with van der Waals surface area (Å²) in [6.07, 6.45) is 0.180. The lowest BCUT2D eigenvalue weighted by Gasteiger charge is -2.33. The number of rotatable bonds is 6. The van der Waals surface area contributed by atoms with Crippen molar-refractivity contribution in [1.82, 2.24) is 9.80 Å². The maximum Gasteiger partial charge on any atom is 0.265 e. The molecule has 8 nitrogen and oxygen atoms in total. The van der Waals surface area contributed by atoms with E-state index in [-0.39, 0.29) is 29.5 Å². The van der Waals surface area contributed by atoms with Crippen molar-refractivity contribution in [1.29, 1.82) is 0 Å². The van der Waals surface area contributed by atoms with Crippen molar-refractivity contribution < 1.29 is 27.1 Å². The van der Waals surface area contributed by atoms with Crippen LogP contribution in [0.25, 0.3) is 10.8 Å². The average molecular weight is 560 g/mol. The van der Waals surface area contributed by atoms with Crippen molar-refractivity contribution in [3.8, 4) is 0 Å². The smallest absolute Gasteiger partial charge is 0.265 e. The number of hydrogen-bond acceptors (Lipinski definition) is 5. The van der Waals surface area contributed by atoms with Gasteiger partial charge in [-0.15, -0.1) is 0 Å². The first-order chi connectivity index (χ1) is 18.2. The van der Waals surface area contributed by atoms with Gasteiger partial charge in [-0.25, -0.2) is 12.8 Å². The molecule has 0 bridgehead atoms. The summed E-state index contributed by atoms with van der Waals surface area (Å²) in [5, 5.41) is 1.96. The van der Waals surface area contributed by atoms with Gasteiger partial charge in [0.1, 0.15) is 17.9 Å². The zero-order valence-electron chi connectivity index (χ0n) is 20.7. The number of sulfonamides is 1. The molecule has 2 aliphatic heterocycles. The molecule has 11 heteroatoms. The first-order valence-electron chi connectivity index (χ1n) is 12.3. The first-order valence-corrected chi connectivity index (χ1v) is 14.1. The molecule has 2 saturated heterocycles. The molecule has 3 aromatic carbocycles. The van der Waals surface area contributed by atoms with Crippen LogP contribution < -0.4 is 4.31 Å². The second-order valence-electron chi connectivity index (χ2n) is 9.38. The summed E-state index contributed by atoms with van der Waals surface area (Å²) in [6.45, 7) is 3.62. The van der Waals surface area contributed by atoms with E-state index in [9.17, 15) is 22.4 Å². The molecule has 0 spiro atoms. The van der Waals surface area contributed by atoms with Gasteiger partial charge in [0.15, 0.2) is 0 Å². The molecule has 200 valence electrons. The molecule has 0 N–H and O–H groups in total. The molecular weight excluding hydrogens is 533 g/mol. The molecule has 0 aliphatic carbocycles. The van der Waals surface area contributed by atoms with Gasteiger partial charge in [0.25, 0.3) is 10.0 Å². The van der Waals surface area contributed by atoms with E-state index in [0.717, 1.165) is 21.8 Å². The highest BCUT2D eigenvalue weighted by molar-refractivity contribution is 7.93. The Bertz CT molecular complexity index is 1480. The molecule has 2 amide bonds. The van der Waals surface area contributed by atoms with Crippen LogP contribution in [0.4, 0.5) is 10.1 Å². The SMILES string of the molecule is C[C@@H](C(=O)N1CCOCC1)N1CCC(N(c2ccc(F)cc2)S(=O)(=O)c2ccc3cc(Cl)ccc3c2)C1=O. The van der Waals surface area contributed by atoms with Crippen LogP contribution in [0.15, 0.2) is 65.6 Å². The largest absolute Gasteiger partial charge is 0.378 e. The number of fused-ring (bicyclic) bond motifs is 1. The van der Waals surface area contributed by atoms with Crippen LogP contribution in [0, 0.1) is 5.82 Å². The Morgan fingerprint density at radius 1 is 1.03 bits per heavy atom. The van der Waals surface area contributed by atoms with E-state index < -0.39 is 33.8 Å². The highest BCUT2D eigenvalue weighted by Gasteiger charge is 2.45. The van der Waals surface area contributed by atoms with Gasteiger partial charge in [0.2, 0.25) is 11.8 Å². The second-order valence-corrected chi connectivity index (χ2v) is 11.6. The molecule has 0 radical (unpaired) electrons. The molecule has 2 fully saturated rings. The maximum atomic E-state index is 14.1. The van der Waals surface area contributed by atoms with Gasteiger partial charge in [0, 0.05) is 24.7 Å². The second kappa shape index (κ2) is 10.5. The summed E-state index contributed by atoms with van der Waals surface area (Å²) in [5.74, 6) is -1.20. The van der Waals surface area contributed by atoms with E-state index >= 15 is 0 Å².